The second-order valence-corrected chi connectivity index (χ2v) is 10.3. The van der Waals surface area contributed by atoms with Crippen LogP contribution in [0.5, 0.6) is 5.88 Å². The normalized spacial score (nSPS) is 18.8. The number of nitrogen functional groups attached to an aromatic ring is 1. The molecule has 9 nitrogen and oxygen atoms in total. The van der Waals surface area contributed by atoms with E-state index in [1.165, 1.54) is 11.8 Å². The summed E-state index contributed by atoms with van der Waals surface area (Å²) in [6.07, 6.45) is 5.80. The van der Waals surface area contributed by atoms with Crippen molar-refractivity contribution in [2.75, 3.05) is 30.8 Å². The summed E-state index contributed by atoms with van der Waals surface area (Å²) in [5.74, 6) is 1.50. The number of halogens is 1. The summed E-state index contributed by atoms with van der Waals surface area (Å²) < 4.78 is 6.88. The minimum absolute atomic E-state index is 0.0368. The molecule has 3 aromatic heterocycles. The Hall–Kier alpha value is -2.82. The summed E-state index contributed by atoms with van der Waals surface area (Å²) in [6, 6.07) is 5.58. The third-order valence-corrected chi connectivity index (χ3v) is 8.53. The van der Waals surface area contributed by atoms with E-state index in [9.17, 15) is 4.79 Å². The summed E-state index contributed by atoms with van der Waals surface area (Å²) in [5, 5.41) is 0.334. The molecule has 178 valence electrons. The Bertz CT molecular complexity index is 1310. The van der Waals surface area contributed by atoms with Crippen molar-refractivity contribution in [1.82, 2.24) is 19.5 Å². The van der Waals surface area contributed by atoms with Gasteiger partial charge in [-0.2, -0.15) is 0 Å². The molecule has 0 aromatic carbocycles. The zero-order valence-electron chi connectivity index (χ0n) is 19.0. The van der Waals surface area contributed by atoms with Crippen LogP contribution >= 0.6 is 23.4 Å². The van der Waals surface area contributed by atoms with Crippen molar-refractivity contribution in [2.45, 2.75) is 35.1 Å². The zero-order valence-corrected chi connectivity index (χ0v) is 20.6. The first-order chi connectivity index (χ1) is 16.3. The molecule has 0 saturated carbocycles. The number of nitrogens with two attached hydrogens (primary N) is 2. The Labute approximate surface area is 206 Å². The maximum Gasteiger partial charge on any atom is 0.268 e. The predicted octanol–water partition coefficient (Wildman–Crippen LogP) is 2.81. The second kappa shape index (κ2) is 8.75. The summed E-state index contributed by atoms with van der Waals surface area (Å²) in [4.78, 5) is 29.6. The third-order valence-electron chi connectivity index (χ3n) is 6.96. The molecule has 1 saturated heterocycles. The SMILES string of the molecule is COc1ccc2c(n1)CC1(CCN(c3ncc(Sc4ccnc(N)c4Cl)c(=O)n3C)CC1)[C@@H]2N. The van der Waals surface area contributed by atoms with E-state index in [1.807, 2.05) is 12.1 Å². The van der Waals surface area contributed by atoms with Crippen LogP contribution in [0.2, 0.25) is 5.02 Å². The highest BCUT2D eigenvalue weighted by Gasteiger charge is 2.47. The molecule has 1 fully saturated rings. The highest BCUT2D eigenvalue weighted by atomic mass is 35.5. The van der Waals surface area contributed by atoms with Gasteiger partial charge in [0, 0.05) is 49.0 Å². The molecule has 0 bridgehead atoms. The molecule has 0 radical (unpaired) electrons. The largest absolute Gasteiger partial charge is 0.481 e. The van der Waals surface area contributed by atoms with Crippen molar-refractivity contribution in [3.05, 3.63) is 57.2 Å². The highest BCUT2D eigenvalue weighted by Crippen LogP contribution is 2.50. The van der Waals surface area contributed by atoms with Gasteiger partial charge >= 0.3 is 0 Å². The van der Waals surface area contributed by atoms with Gasteiger partial charge in [0.1, 0.15) is 5.82 Å². The van der Waals surface area contributed by atoms with E-state index in [-0.39, 0.29) is 22.8 Å². The van der Waals surface area contributed by atoms with Gasteiger partial charge in [-0.15, -0.1) is 0 Å². The molecule has 3 aromatic rings. The highest BCUT2D eigenvalue weighted by molar-refractivity contribution is 7.99. The van der Waals surface area contributed by atoms with E-state index in [4.69, 9.17) is 27.8 Å². The van der Waals surface area contributed by atoms with E-state index < -0.39 is 0 Å². The van der Waals surface area contributed by atoms with Crippen molar-refractivity contribution in [1.29, 1.82) is 0 Å². The molecule has 5 rings (SSSR count). The number of rotatable bonds is 4. The van der Waals surface area contributed by atoms with Gasteiger partial charge in [0.05, 0.1) is 23.2 Å². The van der Waals surface area contributed by atoms with Crippen LogP contribution in [-0.2, 0) is 13.5 Å². The van der Waals surface area contributed by atoms with Crippen LogP contribution in [0, 0.1) is 5.41 Å². The minimum Gasteiger partial charge on any atom is -0.481 e. The first kappa shape index (κ1) is 22.9. The molecule has 1 atom stereocenters. The molecular formula is C23H26ClN7O2S. The van der Waals surface area contributed by atoms with Gasteiger partial charge in [0.15, 0.2) is 0 Å². The second-order valence-electron chi connectivity index (χ2n) is 8.79. The number of anilines is 2. The first-order valence-corrected chi connectivity index (χ1v) is 12.2. The Morgan fingerprint density at radius 3 is 2.71 bits per heavy atom. The summed E-state index contributed by atoms with van der Waals surface area (Å²) in [5.41, 5.74) is 14.5. The van der Waals surface area contributed by atoms with E-state index in [2.05, 4.69) is 19.9 Å². The number of hydrogen-bond donors (Lipinski definition) is 2. The standard InChI is InChI=1S/C23H26ClN7O2S/c1-30-21(32)16(34-15-5-8-27-20(26)18(15)24)12-28-22(30)31-9-6-23(7-10-31)11-14-13(19(23)25)3-4-17(29-14)33-2/h3-5,8,12,19H,6-7,9-11,25H2,1-2H3,(H2,26,27)/t19-/m1/s1. The maximum absolute atomic E-state index is 13.1. The van der Waals surface area contributed by atoms with Gasteiger partial charge in [0.25, 0.3) is 5.56 Å². The van der Waals surface area contributed by atoms with Crippen molar-refractivity contribution >= 4 is 35.1 Å². The van der Waals surface area contributed by atoms with Crippen molar-refractivity contribution in [3.63, 3.8) is 0 Å². The lowest BCUT2D eigenvalue weighted by atomic mass is 9.73. The van der Waals surface area contributed by atoms with Crippen LogP contribution in [0.4, 0.5) is 11.8 Å². The Morgan fingerprint density at radius 2 is 1.97 bits per heavy atom. The molecule has 0 unspecified atom stereocenters. The number of pyridine rings is 2. The number of ether oxygens (including phenoxy) is 1. The smallest absolute Gasteiger partial charge is 0.268 e. The number of aromatic nitrogens is 4. The minimum atomic E-state index is -0.136. The molecule has 1 aliphatic heterocycles. The van der Waals surface area contributed by atoms with E-state index in [0.29, 0.717) is 26.6 Å². The van der Waals surface area contributed by atoms with Crippen LogP contribution in [0.25, 0.3) is 0 Å². The van der Waals surface area contributed by atoms with Crippen LogP contribution in [-0.4, -0.2) is 39.7 Å². The topological polar surface area (TPSA) is 125 Å². The lowest BCUT2D eigenvalue weighted by Crippen LogP contribution is -2.46. The zero-order chi connectivity index (χ0) is 24.0. The molecular weight excluding hydrogens is 474 g/mol. The number of piperidine rings is 1. The summed E-state index contributed by atoms with van der Waals surface area (Å²) in [6.45, 7) is 1.52. The molecule has 11 heteroatoms. The molecule has 34 heavy (non-hydrogen) atoms. The monoisotopic (exact) mass is 499 g/mol. The fourth-order valence-electron chi connectivity index (χ4n) is 4.96. The van der Waals surface area contributed by atoms with Crippen LogP contribution < -0.4 is 26.7 Å². The van der Waals surface area contributed by atoms with Crippen molar-refractivity contribution in [2.24, 2.45) is 18.2 Å². The number of methoxy groups -OCH3 is 1. The fourth-order valence-corrected chi connectivity index (χ4v) is 6.08. The average molecular weight is 500 g/mol. The third kappa shape index (κ3) is 3.79. The first-order valence-electron chi connectivity index (χ1n) is 11.0. The number of fused-ring (bicyclic) bond motifs is 1. The molecule has 4 heterocycles. The summed E-state index contributed by atoms with van der Waals surface area (Å²) >= 11 is 7.48. The molecule has 4 N–H and O–H groups in total. The fraction of sp³-hybridized carbons (Fsp3) is 0.391. The Morgan fingerprint density at radius 1 is 1.21 bits per heavy atom. The van der Waals surface area contributed by atoms with Crippen LogP contribution in [0.15, 0.2) is 45.2 Å². The molecule has 1 aliphatic carbocycles. The quantitative estimate of drug-likeness (QED) is 0.557. The lowest BCUT2D eigenvalue weighted by Gasteiger charge is -2.42. The predicted molar refractivity (Wildman–Crippen MR) is 133 cm³/mol. The molecule has 0 amide bonds. The van der Waals surface area contributed by atoms with E-state index >= 15 is 0 Å². The van der Waals surface area contributed by atoms with Gasteiger partial charge < -0.3 is 21.1 Å². The van der Waals surface area contributed by atoms with Crippen LogP contribution in [0.1, 0.15) is 30.1 Å². The van der Waals surface area contributed by atoms with E-state index in [1.54, 1.807) is 37.2 Å². The van der Waals surface area contributed by atoms with Gasteiger partial charge in [0.2, 0.25) is 11.8 Å². The number of nitrogens with zero attached hydrogens (tertiary/aromatic N) is 5. The van der Waals surface area contributed by atoms with Gasteiger partial charge in [-0.1, -0.05) is 29.4 Å². The number of hydrogen-bond acceptors (Lipinski definition) is 9. The lowest BCUT2D eigenvalue weighted by molar-refractivity contribution is 0.185. The maximum atomic E-state index is 13.1. The summed E-state index contributed by atoms with van der Waals surface area (Å²) in [7, 11) is 3.37. The van der Waals surface area contributed by atoms with Crippen molar-refractivity contribution < 1.29 is 4.74 Å². The van der Waals surface area contributed by atoms with Gasteiger partial charge in [-0.05, 0) is 36.3 Å². The van der Waals surface area contributed by atoms with Gasteiger partial charge in [-0.25, -0.2) is 15.0 Å². The van der Waals surface area contributed by atoms with Gasteiger partial charge in [-0.3, -0.25) is 9.36 Å². The average Bonchev–Trinajstić information content (AvgIpc) is 3.11. The van der Waals surface area contributed by atoms with Crippen molar-refractivity contribution in [3.8, 4) is 5.88 Å². The Balaban J connectivity index is 1.33. The van der Waals surface area contributed by atoms with E-state index in [0.717, 1.165) is 43.6 Å². The molecule has 1 spiro atoms. The Kier molecular flexibility index (Phi) is 5.91. The van der Waals surface area contributed by atoms with Crippen LogP contribution in [0.3, 0.4) is 0 Å². The molecule has 2 aliphatic rings.